The van der Waals surface area contributed by atoms with Crippen LogP contribution in [0.3, 0.4) is 0 Å². The molecule has 1 aliphatic rings. The quantitative estimate of drug-likeness (QED) is 0.762. The molecule has 6 nitrogen and oxygen atoms in total. The van der Waals surface area contributed by atoms with Crippen LogP contribution in [0.1, 0.15) is 21.5 Å². The highest BCUT2D eigenvalue weighted by atomic mass is 16.5. The fourth-order valence-corrected chi connectivity index (χ4v) is 2.97. The van der Waals surface area contributed by atoms with Gasteiger partial charge in [-0.15, -0.1) is 0 Å². The molecule has 1 aliphatic heterocycles. The van der Waals surface area contributed by atoms with Gasteiger partial charge in [0.05, 0.1) is 34.0 Å². The fourth-order valence-electron chi connectivity index (χ4n) is 2.97. The Morgan fingerprint density at radius 2 is 1.65 bits per heavy atom. The predicted molar refractivity (Wildman–Crippen MR) is 96.8 cm³/mol. The van der Waals surface area contributed by atoms with E-state index in [9.17, 15) is 4.79 Å². The summed E-state index contributed by atoms with van der Waals surface area (Å²) >= 11 is 0. The number of Topliss-reactive ketones (excluding diaryl/α,β-unsaturated/α-hetero) is 1. The lowest BCUT2D eigenvalue weighted by Crippen LogP contribution is -2.01. The van der Waals surface area contributed by atoms with Gasteiger partial charge < -0.3 is 23.7 Å². The van der Waals surface area contributed by atoms with Gasteiger partial charge in [0.25, 0.3) is 0 Å². The highest BCUT2D eigenvalue weighted by Crippen LogP contribution is 2.42. The first-order valence-electron chi connectivity index (χ1n) is 7.95. The summed E-state index contributed by atoms with van der Waals surface area (Å²) in [5.74, 6) is 2.59. The zero-order chi connectivity index (χ0) is 18.8. The van der Waals surface area contributed by atoms with Gasteiger partial charge in [0.15, 0.2) is 17.3 Å². The van der Waals surface area contributed by atoms with Gasteiger partial charge in [-0.2, -0.15) is 0 Å². The van der Waals surface area contributed by atoms with Crippen LogP contribution in [0.15, 0.2) is 30.0 Å². The largest absolute Gasteiger partial charge is 0.497 e. The van der Waals surface area contributed by atoms with Crippen LogP contribution < -0.4 is 23.7 Å². The van der Waals surface area contributed by atoms with Crippen molar-refractivity contribution < 1.29 is 28.5 Å². The Balaban J connectivity index is 2.07. The highest BCUT2D eigenvalue weighted by Gasteiger charge is 2.30. The molecule has 6 heteroatoms. The molecule has 0 spiro atoms. The first-order chi connectivity index (χ1) is 12.5. The molecule has 0 amide bonds. The van der Waals surface area contributed by atoms with Gasteiger partial charge in [-0.25, -0.2) is 0 Å². The third-order valence-electron chi connectivity index (χ3n) is 4.20. The third kappa shape index (κ3) is 2.83. The van der Waals surface area contributed by atoms with Gasteiger partial charge in [-0.05, 0) is 36.8 Å². The van der Waals surface area contributed by atoms with E-state index in [1.54, 1.807) is 44.6 Å². The number of hydrogen-bond acceptors (Lipinski definition) is 6. The van der Waals surface area contributed by atoms with E-state index in [-0.39, 0.29) is 11.5 Å². The molecule has 0 bridgehead atoms. The first-order valence-corrected chi connectivity index (χ1v) is 7.95. The van der Waals surface area contributed by atoms with Crippen LogP contribution in [-0.2, 0) is 0 Å². The number of ketones is 1. The molecule has 0 atom stereocenters. The van der Waals surface area contributed by atoms with E-state index in [2.05, 4.69) is 0 Å². The second-order valence-corrected chi connectivity index (χ2v) is 5.68. The molecular formula is C20H20O6. The molecular weight excluding hydrogens is 336 g/mol. The number of hydrogen-bond donors (Lipinski definition) is 0. The van der Waals surface area contributed by atoms with E-state index < -0.39 is 0 Å². The second kappa shape index (κ2) is 7.00. The van der Waals surface area contributed by atoms with E-state index in [1.165, 1.54) is 14.2 Å². The normalized spacial score (nSPS) is 14.0. The van der Waals surface area contributed by atoms with E-state index in [1.807, 2.05) is 6.92 Å². The number of methoxy groups -OCH3 is 4. The number of ether oxygens (including phenoxy) is 5. The Morgan fingerprint density at radius 1 is 0.923 bits per heavy atom. The van der Waals surface area contributed by atoms with Crippen molar-refractivity contribution in [2.45, 2.75) is 6.92 Å². The van der Waals surface area contributed by atoms with Crippen molar-refractivity contribution in [1.82, 2.24) is 0 Å². The fraction of sp³-hybridized carbons (Fsp3) is 0.250. The highest BCUT2D eigenvalue weighted by molar-refractivity contribution is 6.15. The van der Waals surface area contributed by atoms with Crippen molar-refractivity contribution in [2.75, 3.05) is 28.4 Å². The lowest BCUT2D eigenvalue weighted by atomic mass is 10.0. The van der Waals surface area contributed by atoms with Crippen molar-refractivity contribution >= 4 is 11.9 Å². The monoisotopic (exact) mass is 356 g/mol. The summed E-state index contributed by atoms with van der Waals surface area (Å²) in [5.41, 5.74) is 1.98. The molecule has 0 aromatic heterocycles. The maximum Gasteiger partial charge on any atom is 0.232 e. The number of carbonyl (C=O) groups excluding carboxylic acids is 1. The summed E-state index contributed by atoms with van der Waals surface area (Å²) in [6.45, 7) is 1.85. The molecule has 0 radical (unpaired) electrons. The Hall–Kier alpha value is -3.15. The third-order valence-corrected chi connectivity index (χ3v) is 4.20. The summed E-state index contributed by atoms with van der Waals surface area (Å²) in [7, 11) is 6.18. The van der Waals surface area contributed by atoms with Gasteiger partial charge in [-0.3, -0.25) is 4.79 Å². The predicted octanol–water partition coefficient (Wildman–Crippen LogP) is 3.65. The van der Waals surface area contributed by atoms with E-state index >= 15 is 0 Å². The minimum absolute atomic E-state index is 0.183. The Morgan fingerprint density at radius 3 is 2.27 bits per heavy atom. The van der Waals surface area contributed by atoms with Crippen LogP contribution in [0.4, 0.5) is 0 Å². The molecule has 2 aromatic carbocycles. The van der Waals surface area contributed by atoms with Crippen molar-refractivity contribution in [3.63, 3.8) is 0 Å². The lowest BCUT2D eigenvalue weighted by Gasteiger charge is -2.14. The molecule has 0 saturated heterocycles. The molecule has 0 aliphatic carbocycles. The number of fused-ring (bicyclic) bond motifs is 1. The zero-order valence-corrected chi connectivity index (χ0v) is 15.3. The van der Waals surface area contributed by atoms with Crippen LogP contribution in [-0.4, -0.2) is 34.2 Å². The molecule has 3 rings (SSSR count). The smallest absolute Gasteiger partial charge is 0.232 e. The van der Waals surface area contributed by atoms with Crippen LogP contribution in [0.5, 0.6) is 28.7 Å². The van der Waals surface area contributed by atoms with Crippen molar-refractivity contribution in [1.29, 1.82) is 0 Å². The molecule has 0 saturated carbocycles. The molecule has 26 heavy (non-hydrogen) atoms. The van der Waals surface area contributed by atoms with Gasteiger partial charge >= 0.3 is 0 Å². The SMILES string of the molecule is COc1cc(C)c2c(c1)OC(=Cc1ccc(OC)c(OC)c1OC)C2=O. The minimum Gasteiger partial charge on any atom is -0.497 e. The molecule has 0 unspecified atom stereocenters. The molecule has 136 valence electrons. The maximum absolute atomic E-state index is 12.8. The summed E-state index contributed by atoms with van der Waals surface area (Å²) in [6.07, 6.45) is 1.63. The minimum atomic E-state index is -0.183. The van der Waals surface area contributed by atoms with Gasteiger partial charge in [-0.1, -0.05) is 0 Å². The zero-order valence-electron chi connectivity index (χ0n) is 15.3. The summed E-state index contributed by atoms with van der Waals surface area (Å²) in [4.78, 5) is 12.8. The number of rotatable bonds is 5. The lowest BCUT2D eigenvalue weighted by molar-refractivity contribution is 0.101. The number of aryl methyl sites for hydroxylation is 1. The topological polar surface area (TPSA) is 63.2 Å². The molecule has 0 N–H and O–H groups in total. The van der Waals surface area contributed by atoms with Crippen LogP contribution >= 0.6 is 0 Å². The molecule has 1 heterocycles. The van der Waals surface area contributed by atoms with Crippen molar-refractivity contribution in [3.8, 4) is 28.7 Å². The average molecular weight is 356 g/mol. The van der Waals surface area contributed by atoms with Gasteiger partial charge in [0.1, 0.15) is 11.5 Å². The average Bonchev–Trinajstić information content (AvgIpc) is 2.96. The standard InChI is InChI=1S/C20H20O6/c1-11-8-13(22-2)10-15-17(11)18(21)16(26-15)9-12-6-7-14(23-3)20(25-5)19(12)24-4/h6-10H,1-5H3. The number of allylic oxidation sites excluding steroid dienone is 1. The summed E-state index contributed by atoms with van der Waals surface area (Å²) < 4.78 is 27.1. The molecule has 0 fully saturated rings. The van der Waals surface area contributed by atoms with Crippen molar-refractivity contribution in [2.24, 2.45) is 0 Å². The Bertz CT molecular complexity index is 898. The van der Waals surface area contributed by atoms with Crippen LogP contribution in [0.25, 0.3) is 6.08 Å². The Kier molecular flexibility index (Phi) is 4.75. The molecule has 2 aromatic rings. The van der Waals surface area contributed by atoms with Gasteiger partial charge in [0, 0.05) is 11.6 Å². The van der Waals surface area contributed by atoms with E-state index in [4.69, 9.17) is 23.7 Å². The van der Waals surface area contributed by atoms with Gasteiger partial charge in [0.2, 0.25) is 11.5 Å². The van der Waals surface area contributed by atoms with Crippen LogP contribution in [0, 0.1) is 6.92 Å². The Labute approximate surface area is 151 Å². The van der Waals surface area contributed by atoms with E-state index in [0.717, 1.165) is 5.56 Å². The number of benzene rings is 2. The van der Waals surface area contributed by atoms with Crippen molar-refractivity contribution in [3.05, 3.63) is 46.7 Å². The van der Waals surface area contributed by atoms with Crippen LogP contribution in [0.2, 0.25) is 0 Å². The second-order valence-electron chi connectivity index (χ2n) is 5.68. The first kappa shape index (κ1) is 17.7. The van der Waals surface area contributed by atoms with E-state index in [0.29, 0.717) is 39.9 Å². The summed E-state index contributed by atoms with van der Waals surface area (Å²) in [6, 6.07) is 7.03. The summed E-state index contributed by atoms with van der Waals surface area (Å²) in [5, 5.41) is 0. The maximum atomic E-state index is 12.8. The number of carbonyl (C=O) groups is 1.